The van der Waals surface area contributed by atoms with Crippen LogP contribution in [0, 0.1) is 0 Å². The Hall–Kier alpha value is -2.36. The minimum absolute atomic E-state index is 0.0119. The Morgan fingerprint density at radius 3 is 2.58 bits per heavy atom. The van der Waals surface area contributed by atoms with Crippen LogP contribution in [0.25, 0.3) is 10.8 Å². The molecule has 19 heavy (non-hydrogen) atoms. The van der Waals surface area contributed by atoms with Gasteiger partial charge in [0.25, 0.3) is 0 Å². The lowest BCUT2D eigenvalue weighted by molar-refractivity contribution is -0.140. The van der Waals surface area contributed by atoms with Crippen molar-refractivity contribution in [2.24, 2.45) is 0 Å². The molecule has 2 rings (SSSR count). The Kier molecular flexibility index (Phi) is 3.80. The van der Waals surface area contributed by atoms with Crippen LogP contribution in [0.3, 0.4) is 0 Å². The van der Waals surface area contributed by atoms with Gasteiger partial charge in [-0.25, -0.2) is 0 Å². The van der Waals surface area contributed by atoms with Crippen molar-refractivity contribution >= 4 is 22.5 Å². The standard InChI is InChI=1S/C15H14O4/c1-19-14(18)9-8-13(17)15-11-5-3-2-4-10(11)6-7-12(15)16/h2-7,16H,8-9H2,1H3. The lowest BCUT2D eigenvalue weighted by Gasteiger charge is -2.08. The zero-order chi connectivity index (χ0) is 13.8. The van der Waals surface area contributed by atoms with E-state index >= 15 is 0 Å². The molecule has 0 aliphatic heterocycles. The van der Waals surface area contributed by atoms with E-state index in [0.717, 1.165) is 5.39 Å². The summed E-state index contributed by atoms with van der Waals surface area (Å²) in [5.74, 6) is -0.763. The number of Topliss-reactive ketones (excluding diaryl/α,β-unsaturated/α-hetero) is 1. The Balaban J connectivity index is 2.35. The zero-order valence-corrected chi connectivity index (χ0v) is 10.6. The molecule has 0 aromatic heterocycles. The van der Waals surface area contributed by atoms with Crippen molar-refractivity contribution in [3.63, 3.8) is 0 Å². The fourth-order valence-electron chi connectivity index (χ4n) is 2.00. The summed E-state index contributed by atoms with van der Waals surface area (Å²) in [5.41, 5.74) is 0.266. The number of phenolic OH excluding ortho intramolecular Hbond substituents is 1. The number of carbonyl (C=O) groups excluding carboxylic acids is 2. The number of carbonyl (C=O) groups is 2. The Morgan fingerprint density at radius 1 is 1.11 bits per heavy atom. The number of fused-ring (bicyclic) bond motifs is 1. The molecule has 1 N–H and O–H groups in total. The summed E-state index contributed by atoms with van der Waals surface area (Å²) >= 11 is 0. The van der Waals surface area contributed by atoms with Gasteiger partial charge in [-0.3, -0.25) is 9.59 Å². The Morgan fingerprint density at radius 2 is 1.84 bits per heavy atom. The average molecular weight is 258 g/mol. The van der Waals surface area contributed by atoms with Crippen LogP contribution >= 0.6 is 0 Å². The predicted molar refractivity (Wildman–Crippen MR) is 71.2 cm³/mol. The van der Waals surface area contributed by atoms with E-state index < -0.39 is 5.97 Å². The monoisotopic (exact) mass is 258 g/mol. The van der Waals surface area contributed by atoms with Crippen molar-refractivity contribution in [3.05, 3.63) is 42.0 Å². The van der Waals surface area contributed by atoms with E-state index in [0.29, 0.717) is 5.39 Å². The minimum atomic E-state index is -0.437. The van der Waals surface area contributed by atoms with Crippen LogP contribution in [-0.2, 0) is 9.53 Å². The van der Waals surface area contributed by atoms with Gasteiger partial charge in [0.2, 0.25) is 0 Å². The maximum absolute atomic E-state index is 12.1. The number of hydrogen-bond acceptors (Lipinski definition) is 4. The first kappa shape index (κ1) is 13.1. The molecule has 0 fully saturated rings. The van der Waals surface area contributed by atoms with E-state index in [1.807, 2.05) is 12.1 Å². The van der Waals surface area contributed by atoms with Crippen LogP contribution in [0.1, 0.15) is 23.2 Å². The van der Waals surface area contributed by atoms with Crippen LogP contribution in [0.5, 0.6) is 5.75 Å². The van der Waals surface area contributed by atoms with Crippen LogP contribution in [-0.4, -0.2) is 24.0 Å². The SMILES string of the molecule is COC(=O)CCC(=O)c1c(O)ccc2ccccc12. The molecule has 0 aliphatic rings. The van der Waals surface area contributed by atoms with Gasteiger partial charge >= 0.3 is 5.97 Å². The zero-order valence-electron chi connectivity index (χ0n) is 10.6. The molecule has 4 heteroatoms. The molecule has 0 bridgehead atoms. The summed E-state index contributed by atoms with van der Waals surface area (Å²) in [6.07, 6.45) is 0.0340. The highest BCUT2D eigenvalue weighted by Gasteiger charge is 2.16. The largest absolute Gasteiger partial charge is 0.507 e. The molecule has 0 saturated carbocycles. The van der Waals surface area contributed by atoms with E-state index in [2.05, 4.69) is 4.74 Å². The average Bonchev–Trinajstić information content (AvgIpc) is 2.44. The van der Waals surface area contributed by atoms with Gasteiger partial charge in [-0.05, 0) is 16.8 Å². The van der Waals surface area contributed by atoms with Gasteiger partial charge in [0.15, 0.2) is 5.78 Å². The molecular weight excluding hydrogens is 244 g/mol. The Labute approximate surface area is 110 Å². The molecule has 0 radical (unpaired) electrons. The maximum atomic E-state index is 12.1. The van der Waals surface area contributed by atoms with E-state index in [1.165, 1.54) is 13.2 Å². The maximum Gasteiger partial charge on any atom is 0.305 e. The third kappa shape index (κ3) is 2.73. The summed E-state index contributed by atoms with van der Waals surface area (Å²) in [7, 11) is 1.28. The Bertz CT molecular complexity index is 631. The van der Waals surface area contributed by atoms with Crippen molar-refractivity contribution in [3.8, 4) is 5.75 Å². The number of rotatable bonds is 4. The van der Waals surface area contributed by atoms with Crippen molar-refractivity contribution in [1.82, 2.24) is 0 Å². The topological polar surface area (TPSA) is 63.6 Å². The molecule has 4 nitrogen and oxygen atoms in total. The molecule has 0 aliphatic carbocycles. The third-order valence-corrected chi connectivity index (χ3v) is 2.97. The summed E-state index contributed by atoms with van der Waals surface area (Å²) in [5, 5.41) is 11.4. The minimum Gasteiger partial charge on any atom is -0.507 e. The number of benzene rings is 2. The van der Waals surface area contributed by atoms with Crippen LogP contribution < -0.4 is 0 Å². The van der Waals surface area contributed by atoms with Gasteiger partial charge in [-0.2, -0.15) is 0 Å². The van der Waals surface area contributed by atoms with Crippen molar-refractivity contribution < 1.29 is 19.4 Å². The van der Waals surface area contributed by atoms with Crippen LogP contribution in [0.4, 0.5) is 0 Å². The molecule has 0 atom stereocenters. The van der Waals surface area contributed by atoms with Crippen molar-refractivity contribution in [2.45, 2.75) is 12.8 Å². The highest BCUT2D eigenvalue weighted by Crippen LogP contribution is 2.28. The fourth-order valence-corrected chi connectivity index (χ4v) is 2.00. The van der Waals surface area contributed by atoms with Gasteiger partial charge in [-0.15, -0.1) is 0 Å². The number of ketones is 1. The normalized spacial score (nSPS) is 10.4. The van der Waals surface area contributed by atoms with Gasteiger partial charge in [0, 0.05) is 6.42 Å². The lowest BCUT2D eigenvalue weighted by atomic mass is 9.98. The molecular formula is C15H14O4. The van der Waals surface area contributed by atoms with Gasteiger partial charge in [-0.1, -0.05) is 30.3 Å². The van der Waals surface area contributed by atoms with Crippen LogP contribution in [0.2, 0.25) is 0 Å². The predicted octanol–water partition coefficient (Wildman–Crippen LogP) is 2.68. The smallest absolute Gasteiger partial charge is 0.305 e. The lowest BCUT2D eigenvalue weighted by Crippen LogP contribution is -2.06. The summed E-state index contributed by atoms with van der Waals surface area (Å²) in [6, 6.07) is 10.6. The number of methoxy groups -OCH3 is 1. The first-order chi connectivity index (χ1) is 9.13. The number of hydrogen-bond donors (Lipinski definition) is 1. The van der Waals surface area contributed by atoms with Crippen LogP contribution in [0.15, 0.2) is 36.4 Å². The molecule has 0 saturated heterocycles. The molecule has 0 unspecified atom stereocenters. The summed E-state index contributed by atoms with van der Waals surface area (Å²) in [6.45, 7) is 0. The van der Waals surface area contributed by atoms with E-state index in [4.69, 9.17) is 0 Å². The van der Waals surface area contributed by atoms with E-state index in [9.17, 15) is 14.7 Å². The van der Waals surface area contributed by atoms with Gasteiger partial charge in [0.05, 0.1) is 19.1 Å². The van der Waals surface area contributed by atoms with E-state index in [-0.39, 0.29) is 29.9 Å². The fraction of sp³-hybridized carbons (Fsp3) is 0.200. The summed E-state index contributed by atoms with van der Waals surface area (Å²) in [4.78, 5) is 23.2. The highest BCUT2D eigenvalue weighted by atomic mass is 16.5. The number of aromatic hydroxyl groups is 1. The summed E-state index contributed by atoms with van der Waals surface area (Å²) < 4.78 is 4.50. The second-order valence-electron chi connectivity index (χ2n) is 4.18. The third-order valence-electron chi connectivity index (χ3n) is 2.97. The first-order valence-corrected chi connectivity index (χ1v) is 5.94. The molecule has 0 amide bonds. The van der Waals surface area contributed by atoms with Gasteiger partial charge in [0.1, 0.15) is 5.75 Å². The molecule has 2 aromatic carbocycles. The second-order valence-corrected chi connectivity index (χ2v) is 4.18. The molecule has 98 valence electrons. The number of ether oxygens (including phenoxy) is 1. The number of esters is 1. The number of phenols is 1. The quantitative estimate of drug-likeness (QED) is 0.676. The second kappa shape index (κ2) is 5.52. The molecule has 0 heterocycles. The van der Waals surface area contributed by atoms with E-state index in [1.54, 1.807) is 18.2 Å². The van der Waals surface area contributed by atoms with Gasteiger partial charge < -0.3 is 9.84 Å². The molecule has 0 spiro atoms. The van der Waals surface area contributed by atoms with Crippen molar-refractivity contribution in [2.75, 3.05) is 7.11 Å². The first-order valence-electron chi connectivity index (χ1n) is 5.94. The highest BCUT2D eigenvalue weighted by molar-refractivity contribution is 6.10. The van der Waals surface area contributed by atoms with Crippen molar-refractivity contribution in [1.29, 1.82) is 0 Å². The molecule has 2 aromatic rings.